The number of hydrogen-bond acceptors (Lipinski definition) is 4. The molecule has 1 aromatic rings. The maximum Gasteiger partial charge on any atom is 0.165 e. The van der Waals surface area contributed by atoms with E-state index in [0.717, 1.165) is 5.56 Å². The molecule has 4 heteroatoms. The van der Waals surface area contributed by atoms with Gasteiger partial charge in [0.15, 0.2) is 11.5 Å². The predicted molar refractivity (Wildman–Crippen MR) is 53.8 cm³/mol. The molecular weight excluding hydrogens is 182 g/mol. The van der Waals surface area contributed by atoms with Gasteiger partial charge in [0.2, 0.25) is 0 Å². The maximum absolute atomic E-state index is 9.40. The van der Waals surface area contributed by atoms with Gasteiger partial charge in [-0.25, -0.2) is 0 Å². The lowest BCUT2D eigenvalue weighted by atomic mass is 10.1. The van der Waals surface area contributed by atoms with Crippen LogP contribution >= 0.6 is 0 Å². The smallest absolute Gasteiger partial charge is 0.165 e. The van der Waals surface area contributed by atoms with E-state index in [0.29, 0.717) is 11.5 Å². The van der Waals surface area contributed by atoms with Crippen molar-refractivity contribution in [3.63, 3.8) is 0 Å². The number of benzene rings is 1. The van der Waals surface area contributed by atoms with E-state index in [1.165, 1.54) is 13.2 Å². The standard InChI is InChI=1S/C10H15NO3/c1-6(11)8-4-7(12)5-9(13-2)10(8)14-3/h4-6,12H,11H2,1-3H3. The van der Waals surface area contributed by atoms with E-state index in [2.05, 4.69) is 0 Å². The van der Waals surface area contributed by atoms with Gasteiger partial charge in [-0.15, -0.1) is 0 Å². The number of aromatic hydroxyl groups is 1. The molecule has 1 aromatic carbocycles. The van der Waals surface area contributed by atoms with Gasteiger partial charge in [0.05, 0.1) is 14.2 Å². The van der Waals surface area contributed by atoms with Crippen LogP contribution in [0.25, 0.3) is 0 Å². The maximum atomic E-state index is 9.40. The normalized spacial score (nSPS) is 12.3. The molecule has 14 heavy (non-hydrogen) atoms. The Kier molecular flexibility index (Phi) is 3.19. The summed E-state index contributed by atoms with van der Waals surface area (Å²) in [6.07, 6.45) is 0. The van der Waals surface area contributed by atoms with E-state index in [9.17, 15) is 5.11 Å². The van der Waals surface area contributed by atoms with Crippen molar-refractivity contribution in [3.05, 3.63) is 17.7 Å². The second kappa shape index (κ2) is 4.19. The zero-order valence-corrected chi connectivity index (χ0v) is 8.57. The molecule has 0 aromatic heterocycles. The highest BCUT2D eigenvalue weighted by Crippen LogP contribution is 2.37. The third-order valence-electron chi connectivity index (χ3n) is 1.98. The van der Waals surface area contributed by atoms with Crippen LogP contribution in [0.3, 0.4) is 0 Å². The van der Waals surface area contributed by atoms with E-state index >= 15 is 0 Å². The van der Waals surface area contributed by atoms with Crippen molar-refractivity contribution in [2.75, 3.05) is 14.2 Å². The molecule has 0 aliphatic carbocycles. The highest BCUT2D eigenvalue weighted by atomic mass is 16.5. The second-order valence-electron chi connectivity index (χ2n) is 3.06. The summed E-state index contributed by atoms with van der Waals surface area (Å²) in [6.45, 7) is 1.82. The van der Waals surface area contributed by atoms with Gasteiger partial charge >= 0.3 is 0 Å². The lowest BCUT2D eigenvalue weighted by Gasteiger charge is -2.15. The van der Waals surface area contributed by atoms with Crippen LogP contribution in [-0.2, 0) is 0 Å². The van der Waals surface area contributed by atoms with Crippen LogP contribution in [0.1, 0.15) is 18.5 Å². The monoisotopic (exact) mass is 197 g/mol. The van der Waals surface area contributed by atoms with Crippen molar-refractivity contribution in [2.24, 2.45) is 5.73 Å². The van der Waals surface area contributed by atoms with Crippen molar-refractivity contribution in [1.82, 2.24) is 0 Å². The molecule has 1 atom stereocenters. The van der Waals surface area contributed by atoms with Crippen molar-refractivity contribution in [3.8, 4) is 17.2 Å². The number of methoxy groups -OCH3 is 2. The van der Waals surface area contributed by atoms with Gasteiger partial charge in [-0.05, 0) is 13.0 Å². The SMILES string of the molecule is COc1cc(O)cc(C(C)N)c1OC. The first-order chi connectivity index (χ1) is 6.60. The topological polar surface area (TPSA) is 64.7 Å². The molecule has 4 nitrogen and oxygen atoms in total. The van der Waals surface area contributed by atoms with Crippen molar-refractivity contribution in [2.45, 2.75) is 13.0 Å². The lowest BCUT2D eigenvalue weighted by Crippen LogP contribution is -2.07. The number of phenols is 1. The molecule has 0 fully saturated rings. The van der Waals surface area contributed by atoms with Crippen LogP contribution in [0.15, 0.2) is 12.1 Å². The fourth-order valence-electron chi connectivity index (χ4n) is 1.32. The van der Waals surface area contributed by atoms with Gasteiger partial charge in [0, 0.05) is 17.7 Å². The Morgan fingerprint density at radius 1 is 1.29 bits per heavy atom. The largest absolute Gasteiger partial charge is 0.508 e. The molecule has 1 unspecified atom stereocenters. The van der Waals surface area contributed by atoms with E-state index in [1.807, 2.05) is 6.92 Å². The summed E-state index contributed by atoms with van der Waals surface area (Å²) in [4.78, 5) is 0. The Labute approximate surface area is 83.3 Å². The third kappa shape index (κ3) is 1.90. The zero-order chi connectivity index (χ0) is 10.7. The molecule has 0 aliphatic heterocycles. The molecule has 0 bridgehead atoms. The van der Waals surface area contributed by atoms with E-state index in [1.54, 1.807) is 13.2 Å². The minimum absolute atomic E-state index is 0.120. The van der Waals surface area contributed by atoms with Crippen LogP contribution in [0.4, 0.5) is 0 Å². The fourth-order valence-corrected chi connectivity index (χ4v) is 1.32. The first kappa shape index (κ1) is 10.7. The summed E-state index contributed by atoms with van der Waals surface area (Å²) in [5.41, 5.74) is 6.46. The van der Waals surface area contributed by atoms with Crippen LogP contribution in [0.5, 0.6) is 17.2 Å². The second-order valence-corrected chi connectivity index (χ2v) is 3.06. The number of hydrogen-bond donors (Lipinski definition) is 2. The highest BCUT2D eigenvalue weighted by Gasteiger charge is 2.14. The fraction of sp³-hybridized carbons (Fsp3) is 0.400. The third-order valence-corrected chi connectivity index (χ3v) is 1.98. The van der Waals surface area contributed by atoms with E-state index < -0.39 is 0 Å². The number of phenolic OH excluding ortho intramolecular Hbond substituents is 1. The van der Waals surface area contributed by atoms with Gasteiger partial charge < -0.3 is 20.3 Å². The number of nitrogens with two attached hydrogens (primary N) is 1. The van der Waals surface area contributed by atoms with Crippen LogP contribution in [-0.4, -0.2) is 19.3 Å². The highest BCUT2D eigenvalue weighted by molar-refractivity contribution is 5.52. The molecule has 0 spiro atoms. The number of ether oxygens (including phenoxy) is 2. The van der Waals surface area contributed by atoms with Crippen LogP contribution in [0.2, 0.25) is 0 Å². The molecule has 78 valence electrons. The van der Waals surface area contributed by atoms with Gasteiger partial charge in [0.25, 0.3) is 0 Å². The van der Waals surface area contributed by atoms with Crippen LogP contribution in [0, 0.1) is 0 Å². The van der Waals surface area contributed by atoms with Gasteiger partial charge in [-0.2, -0.15) is 0 Å². The Hall–Kier alpha value is -1.42. The summed E-state index contributed by atoms with van der Waals surface area (Å²) in [6, 6.07) is 2.85. The van der Waals surface area contributed by atoms with Crippen molar-refractivity contribution < 1.29 is 14.6 Å². The summed E-state index contributed by atoms with van der Waals surface area (Å²) >= 11 is 0. The van der Waals surface area contributed by atoms with E-state index in [4.69, 9.17) is 15.2 Å². The minimum Gasteiger partial charge on any atom is -0.508 e. The van der Waals surface area contributed by atoms with Gasteiger partial charge in [-0.3, -0.25) is 0 Å². The summed E-state index contributed by atoms with van der Waals surface area (Å²) in [5.74, 6) is 1.18. The van der Waals surface area contributed by atoms with Crippen molar-refractivity contribution >= 4 is 0 Å². The Balaban J connectivity index is 3.31. The Morgan fingerprint density at radius 2 is 1.93 bits per heavy atom. The zero-order valence-electron chi connectivity index (χ0n) is 8.57. The summed E-state index contributed by atoms with van der Waals surface area (Å²) in [5, 5.41) is 9.40. The van der Waals surface area contributed by atoms with Gasteiger partial charge in [-0.1, -0.05) is 0 Å². The Bertz CT molecular complexity index is 323. The molecule has 0 amide bonds. The van der Waals surface area contributed by atoms with E-state index in [-0.39, 0.29) is 11.8 Å². The Morgan fingerprint density at radius 3 is 2.36 bits per heavy atom. The molecule has 0 saturated carbocycles. The molecular formula is C10H15NO3. The molecule has 3 N–H and O–H groups in total. The minimum atomic E-state index is -0.217. The first-order valence-electron chi connectivity index (χ1n) is 4.30. The average molecular weight is 197 g/mol. The van der Waals surface area contributed by atoms with Crippen LogP contribution < -0.4 is 15.2 Å². The molecule has 0 heterocycles. The van der Waals surface area contributed by atoms with Crippen molar-refractivity contribution in [1.29, 1.82) is 0 Å². The lowest BCUT2D eigenvalue weighted by molar-refractivity contribution is 0.346. The summed E-state index contributed by atoms with van der Waals surface area (Å²) in [7, 11) is 3.06. The molecule has 0 aliphatic rings. The first-order valence-corrected chi connectivity index (χ1v) is 4.30. The quantitative estimate of drug-likeness (QED) is 0.769. The number of rotatable bonds is 3. The molecule has 0 saturated heterocycles. The van der Waals surface area contributed by atoms with Gasteiger partial charge in [0.1, 0.15) is 5.75 Å². The predicted octanol–water partition coefficient (Wildman–Crippen LogP) is 1.43. The molecule has 0 radical (unpaired) electrons. The average Bonchev–Trinajstić information content (AvgIpc) is 2.16. The molecule has 1 rings (SSSR count). The summed E-state index contributed by atoms with van der Waals surface area (Å²) < 4.78 is 10.2.